The minimum absolute atomic E-state index is 0.0316. The molecule has 0 amide bonds. The van der Waals surface area contributed by atoms with Crippen molar-refractivity contribution in [1.29, 1.82) is 0 Å². The maximum Gasteiger partial charge on any atom is 0.372 e. The summed E-state index contributed by atoms with van der Waals surface area (Å²) in [5.41, 5.74) is 1.34. The SMILES string of the molecule is Cc1c(C(=O)O)oc2c(I)cccc12. The summed E-state index contributed by atoms with van der Waals surface area (Å²) in [4.78, 5) is 10.8. The van der Waals surface area contributed by atoms with Crippen LogP contribution in [0.5, 0.6) is 0 Å². The van der Waals surface area contributed by atoms with E-state index in [4.69, 9.17) is 9.52 Å². The Morgan fingerprint density at radius 2 is 2.21 bits per heavy atom. The molecule has 0 atom stereocenters. The average Bonchev–Trinajstić information content (AvgIpc) is 2.46. The van der Waals surface area contributed by atoms with Gasteiger partial charge < -0.3 is 9.52 Å². The minimum atomic E-state index is -1.02. The standard InChI is InChI=1S/C10H7IO3/c1-5-6-3-2-4-7(11)9(6)14-8(5)10(12)13/h2-4H,1H3,(H,12,13). The first kappa shape index (κ1) is 9.51. The van der Waals surface area contributed by atoms with E-state index in [1.165, 1.54) is 0 Å². The average molecular weight is 302 g/mol. The Hall–Kier alpha value is -1.04. The van der Waals surface area contributed by atoms with Crippen LogP contribution in [0.3, 0.4) is 0 Å². The van der Waals surface area contributed by atoms with Crippen molar-refractivity contribution in [2.24, 2.45) is 0 Å². The lowest BCUT2D eigenvalue weighted by molar-refractivity contribution is 0.0664. The zero-order chi connectivity index (χ0) is 10.3. The lowest BCUT2D eigenvalue weighted by Gasteiger charge is -1.90. The third-order valence-electron chi connectivity index (χ3n) is 2.11. The third kappa shape index (κ3) is 1.30. The third-order valence-corrected chi connectivity index (χ3v) is 2.96. The Labute approximate surface area is 93.9 Å². The van der Waals surface area contributed by atoms with Crippen molar-refractivity contribution < 1.29 is 14.3 Å². The van der Waals surface area contributed by atoms with Crippen molar-refractivity contribution in [3.05, 3.63) is 33.1 Å². The van der Waals surface area contributed by atoms with E-state index in [1.807, 2.05) is 18.2 Å². The lowest BCUT2D eigenvalue weighted by atomic mass is 10.1. The molecule has 1 aromatic heterocycles. The molecule has 0 unspecified atom stereocenters. The van der Waals surface area contributed by atoms with Gasteiger partial charge in [0, 0.05) is 10.9 Å². The van der Waals surface area contributed by atoms with Gasteiger partial charge in [-0.25, -0.2) is 4.79 Å². The van der Waals surface area contributed by atoms with Crippen molar-refractivity contribution >= 4 is 39.5 Å². The van der Waals surface area contributed by atoms with E-state index in [9.17, 15) is 4.79 Å². The van der Waals surface area contributed by atoms with Gasteiger partial charge in [-0.2, -0.15) is 0 Å². The first-order valence-corrected chi connectivity index (χ1v) is 5.10. The summed E-state index contributed by atoms with van der Waals surface area (Å²) in [6.07, 6.45) is 0. The second kappa shape index (κ2) is 3.27. The van der Waals surface area contributed by atoms with Crippen LogP contribution in [0.25, 0.3) is 11.0 Å². The fraction of sp³-hybridized carbons (Fsp3) is 0.100. The molecular weight excluding hydrogens is 295 g/mol. The molecule has 1 N–H and O–H groups in total. The number of para-hydroxylation sites is 1. The Bertz CT molecular complexity index is 513. The summed E-state index contributed by atoms with van der Waals surface area (Å²) >= 11 is 2.12. The molecular formula is C10H7IO3. The first-order chi connectivity index (χ1) is 6.61. The zero-order valence-electron chi connectivity index (χ0n) is 7.37. The fourth-order valence-electron chi connectivity index (χ4n) is 1.41. The van der Waals surface area contributed by atoms with Crippen molar-refractivity contribution in [2.75, 3.05) is 0 Å². The molecule has 0 aliphatic heterocycles. The van der Waals surface area contributed by atoms with E-state index in [0.29, 0.717) is 11.1 Å². The van der Waals surface area contributed by atoms with E-state index in [-0.39, 0.29) is 5.76 Å². The minimum Gasteiger partial charge on any atom is -0.475 e. The molecule has 0 spiro atoms. The fourth-order valence-corrected chi connectivity index (χ4v) is 2.02. The molecule has 0 radical (unpaired) electrons. The van der Waals surface area contributed by atoms with E-state index >= 15 is 0 Å². The predicted octanol–water partition coefficient (Wildman–Crippen LogP) is 3.04. The molecule has 0 saturated carbocycles. The van der Waals surface area contributed by atoms with Crippen LogP contribution in [-0.2, 0) is 0 Å². The monoisotopic (exact) mass is 302 g/mol. The smallest absolute Gasteiger partial charge is 0.372 e. The van der Waals surface area contributed by atoms with Crippen molar-refractivity contribution in [3.8, 4) is 0 Å². The zero-order valence-corrected chi connectivity index (χ0v) is 9.53. The second-order valence-electron chi connectivity index (χ2n) is 2.98. The molecule has 0 fully saturated rings. The lowest BCUT2D eigenvalue weighted by Crippen LogP contribution is -1.94. The van der Waals surface area contributed by atoms with E-state index < -0.39 is 5.97 Å². The highest BCUT2D eigenvalue weighted by atomic mass is 127. The van der Waals surface area contributed by atoms with Crippen molar-refractivity contribution in [3.63, 3.8) is 0 Å². The molecule has 1 aromatic carbocycles. The van der Waals surface area contributed by atoms with E-state index in [2.05, 4.69) is 22.6 Å². The Balaban J connectivity index is 2.86. The number of benzene rings is 1. The number of carboxylic acids is 1. The number of rotatable bonds is 1. The molecule has 14 heavy (non-hydrogen) atoms. The molecule has 2 rings (SSSR count). The van der Waals surface area contributed by atoms with Gasteiger partial charge in [0.25, 0.3) is 0 Å². The van der Waals surface area contributed by atoms with Crippen LogP contribution < -0.4 is 0 Å². The predicted molar refractivity (Wildman–Crippen MR) is 60.6 cm³/mol. The Morgan fingerprint density at radius 1 is 1.50 bits per heavy atom. The molecule has 1 heterocycles. The summed E-state index contributed by atoms with van der Waals surface area (Å²) < 4.78 is 6.21. The van der Waals surface area contributed by atoms with Gasteiger partial charge in [-0.3, -0.25) is 0 Å². The molecule has 2 aromatic rings. The summed E-state index contributed by atoms with van der Waals surface area (Å²) in [6, 6.07) is 5.64. The largest absolute Gasteiger partial charge is 0.475 e. The van der Waals surface area contributed by atoms with Gasteiger partial charge in [-0.1, -0.05) is 12.1 Å². The number of hydrogen-bond donors (Lipinski definition) is 1. The van der Waals surface area contributed by atoms with Gasteiger partial charge in [0.1, 0.15) is 5.58 Å². The normalized spacial score (nSPS) is 10.7. The molecule has 4 heteroatoms. The number of halogens is 1. The Morgan fingerprint density at radius 3 is 2.79 bits per heavy atom. The van der Waals surface area contributed by atoms with Gasteiger partial charge >= 0.3 is 5.97 Å². The van der Waals surface area contributed by atoms with Crippen molar-refractivity contribution in [2.45, 2.75) is 6.92 Å². The van der Waals surface area contributed by atoms with Crippen LogP contribution in [0, 0.1) is 10.5 Å². The van der Waals surface area contributed by atoms with Crippen molar-refractivity contribution in [1.82, 2.24) is 0 Å². The van der Waals surface area contributed by atoms with Gasteiger partial charge in [-0.05, 0) is 35.6 Å². The van der Waals surface area contributed by atoms with Gasteiger partial charge in [0.15, 0.2) is 0 Å². The van der Waals surface area contributed by atoms with E-state index in [1.54, 1.807) is 6.92 Å². The first-order valence-electron chi connectivity index (χ1n) is 4.02. The number of aryl methyl sites for hydroxylation is 1. The summed E-state index contributed by atoms with van der Waals surface area (Å²) in [5, 5.41) is 9.73. The quantitative estimate of drug-likeness (QED) is 0.824. The molecule has 0 bridgehead atoms. The van der Waals surface area contributed by atoms with Gasteiger partial charge in [-0.15, -0.1) is 0 Å². The Kier molecular flexibility index (Phi) is 2.22. The number of aromatic carboxylic acids is 1. The van der Waals surface area contributed by atoms with Crippen LogP contribution in [0.2, 0.25) is 0 Å². The van der Waals surface area contributed by atoms with Crippen LogP contribution in [0.1, 0.15) is 16.1 Å². The van der Waals surface area contributed by atoms with E-state index in [0.717, 1.165) is 8.96 Å². The topological polar surface area (TPSA) is 50.4 Å². The second-order valence-corrected chi connectivity index (χ2v) is 4.14. The highest BCUT2D eigenvalue weighted by Crippen LogP contribution is 2.28. The molecule has 0 saturated heterocycles. The summed E-state index contributed by atoms with van der Waals surface area (Å²) in [5.74, 6) is -0.987. The highest BCUT2D eigenvalue weighted by molar-refractivity contribution is 14.1. The maximum absolute atomic E-state index is 10.8. The molecule has 0 aliphatic carbocycles. The van der Waals surface area contributed by atoms with Crippen LogP contribution >= 0.6 is 22.6 Å². The number of fused-ring (bicyclic) bond motifs is 1. The number of hydrogen-bond acceptors (Lipinski definition) is 2. The number of carboxylic acid groups (broad SMARTS) is 1. The summed E-state index contributed by atoms with van der Waals surface area (Å²) in [6.45, 7) is 1.76. The number of carbonyl (C=O) groups is 1. The van der Waals surface area contributed by atoms with Gasteiger partial charge in [0.2, 0.25) is 5.76 Å². The van der Waals surface area contributed by atoms with Crippen LogP contribution in [0.15, 0.2) is 22.6 Å². The highest BCUT2D eigenvalue weighted by Gasteiger charge is 2.17. The molecule has 72 valence electrons. The van der Waals surface area contributed by atoms with Crippen LogP contribution in [-0.4, -0.2) is 11.1 Å². The summed E-state index contributed by atoms with van der Waals surface area (Å²) in [7, 11) is 0. The number of furan rings is 1. The van der Waals surface area contributed by atoms with Crippen LogP contribution in [0.4, 0.5) is 0 Å². The van der Waals surface area contributed by atoms with Gasteiger partial charge in [0.05, 0.1) is 3.57 Å². The maximum atomic E-state index is 10.8. The molecule has 3 nitrogen and oxygen atoms in total. The molecule has 0 aliphatic rings.